The number of nitrogens with one attached hydrogen (secondary N) is 1. The first-order valence-electron chi connectivity index (χ1n) is 6.16. The Bertz CT molecular complexity index is 642. The Hall–Kier alpha value is -2.64. The van der Waals surface area contributed by atoms with E-state index in [1.54, 1.807) is 23.1 Å². The molecule has 2 rings (SSSR count). The van der Waals surface area contributed by atoms with Crippen LogP contribution in [0.15, 0.2) is 18.5 Å². The Balaban J connectivity index is 2.13. The van der Waals surface area contributed by atoms with E-state index in [0.29, 0.717) is 12.2 Å². The van der Waals surface area contributed by atoms with E-state index in [9.17, 15) is 9.59 Å². The number of hydrogen-bond donors (Lipinski definition) is 2. The first-order valence-corrected chi connectivity index (χ1v) is 6.16. The average molecular weight is 276 g/mol. The molecular weight excluding hydrogens is 260 g/mol. The summed E-state index contributed by atoms with van der Waals surface area (Å²) in [5, 5.41) is 10.6. The first kappa shape index (κ1) is 13.8. The van der Waals surface area contributed by atoms with E-state index in [0.717, 1.165) is 5.69 Å². The molecule has 8 heteroatoms. The maximum atomic E-state index is 11.9. The molecule has 106 valence electrons. The molecule has 0 saturated heterocycles. The standard InChI is InChI=1S/C12H16N6O2/c1-3-17-6-9(11(16-17)12(13)20)15-10(19)7-18-8(2)4-5-14-18/h4-6H,3,7H2,1-2H3,(H2,13,20)(H,15,19). The number of aryl methyl sites for hydroxylation is 2. The Morgan fingerprint density at radius 2 is 2.20 bits per heavy atom. The number of primary amides is 1. The van der Waals surface area contributed by atoms with Gasteiger partial charge in [0.1, 0.15) is 6.54 Å². The number of amides is 2. The van der Waals surface area contributed by atoms with E-state index in [1.807, 2.05) is 13.8 Å². The van der Waals surface area contributed by atoms with Gasteiger partial charge in [-0.1, -0.05) is 0 Å². The molecule has 0 saturated carbocycles. The van der Waals surface area contributed by atoms with Gasteiger partial charge in [0.2, 0.25) is 5.91 Å². The fraction of sp³-hybridized carbons (Fsp3) is 0.333. The van der Waals surface area contributed by atoms with Gasteiger partial charge >= 0.3 is 0 Å². The van der Waals surface area contributed by atoms with Gasteiger partial charge in [-0.15, -0.1) is 0 Å². The summed E-state index contributed by atoms with van der Waals surface area (Å²) in [6.45, 7) is 4.36. The second-order valence-electron chi connectivity index (χ2n) is 4.29. The molecule has 0 bridgehead atoms. The third-order valence-corrected chi connectivity index (χ3v) is 2.82. The van der Waals surface area contributed by atoms with E-state index in [1.165, 1.54) is 4.68 Å². The number of rotatable bonds is 5. The third-order valence-electron chi connectivity index (χ3n) is 2.82. The molecule has 0 spiro atoms. The normalized spacial score (nSPS) is 10.5. The van der Waals surface area contributed by atoms with Crippen LogP contribution in [-0.4, -0.2) is 31.4 Å². The highest BCUT2D eigenvalue weighted by molar-refractivity contribution is 6.01. The van der Waals surface area contributed by atoms with Crippen LogP contribution >= 0.6 is 0 Å². The van der Waals surface area contributed by atoms with E-state index in [4.69, 9.17) is 5.73 Å². The molecule has 3 N–H and O–H groups in total. The Morgan fingerprint density at radius 1 is 1.45 bits per heavy atom. The minimum Gasteiger partial charge on any atom is -0.364 e. The summed E-state index contributed by atoms with van der Waals surface area (Å²) < 4.78 is 3.10. The highest BCUT2D eigenvalue weighted by atomic mass is 16.2. The van der Waals surface area contributed by atoms with Crippen molar-refractivity contribution in [3.63, 3.8) is 0 Å². The predicted molar refractivity (Wildman–Crippen MR) is 72.0 cm³/mol. The van der Waals surface area contributed by atoms with Crippen molar-refractivity contribution in [2.45, 2.75) is 26.9 Å². The molecule has 2 aromatic heterocycles. The van der Waals surface area contributed by atoms with E-state index in [2.05, 4.69) is 15.5 Å². The molecule has 0 radical (unpaired) electrons. The second kappa shape index (κ2) is 5.55. The number of carbonyl (C=O) groups is 2. The van der Waals surface area contributed by atoms with Crippen molar-refractivity contribution in [2.75, 3.05) is 5.32 Å². The van der Waals surface area contributed by atoms with Crippen LogP contribution in [0, 0.1) is 6.92 Å². The minimum atomic E-state index is -0.678. The van der Waals surface area contributed by atoms with Crippen molar-refractivity contribution >= 4 is 17.5 Å². The second-order valence-corrected chi connectivity index (χ2v) is 4.29. The van der Waals surface area contributed by atoms with Gasteiger partial charge in [0.15, 0.2) is 5.69 Å². The molecule has 0 atom stereocenters. The Labute approximate surface area is 115 Å². The van der Waals surface area contributed by atoms with Crippen LogP contribution in [0.5, 0.6) is 0 Å². The van der Waals surface area contributed by atoms with Crippen molar-refractivity contribution in [3.8, 4) is 0 Å². The van der Waals surface area contributed by atoms with Crippen LogP contribution in [0.4, 0.5) is 5.69 Å². The Morgan fingerprint density at radius 3 is 2.75 bits per heavy atom. The summed E-state index contributed by atoms with van der Waals surface area (Å²) in [7, 11) is 0. The maximum absolute atomic E-state index is 11.9. The monoisotopic (exact) mass is 276 g/mol. The highest BCUT2D eigenvalue weighted by Gasteiger charge is 2.16. The molecule has 0 fully saturated rings. The van der Waals surface area contributed by atoms with Crippen molar-refractivity contribution in [2.24, 2.45) is 5.73 Å². The van der Waals surface area contributed by atoms with E-state index in [-0.39, 0.29) is 18.1 Å². The first-order chi connectivity index (χ1) is 9.51. The van der Waals surface area contributed by atoms with Crippen molar-refractivity contribution in [1.29, 1.82) is 0 Å². The minimum absolute atomic E-state index is 0.0531. The summed E-state index contributed by atoms with van der Waals surface area (Å²) >= 11 is 0. The van der Waals surface area contributed by atoms with Crippen LogP contribution < -0.4 is 11.1 Å². The third kappa shape index (κ3) is 2.85. The van der Waals surface area contributed by atoms with Gasteiger partial charge in [-0.05, 0) is 19.9 Å². The SMILES string of the molecule is CCn1cc(NC(=O)Cn2nccc2C)c(C(N)=O)n1. The molecule has 20 heavy (non-hydrogen) atoms. The number of hydrogen-bond acceptors (Lipinski definition) is 4. The lowest BCUT2D eigenvalue weighted by Gasteiger charge is -2.05. The predicted octanol–water partition coefficient (Wildman–Crippen LogP) is 0.146. The van der Waals surface area contributed by atoms with Gasteiger partial charge in [0.05, 0.1) is 5.69 Å². The zero-order valence-electron chi connectivity index (χ0n) is 11.3. The molecule has 0 aliphatic carbocycles. The van der Waals surface area contributed by atoms with Crippen LogP contribution in [0.25, 0.3) is 0 Å². The number of anilines is 1. The topological polar surface area (TPSA) is 108 Å². The molecular formula is C12H16N6O2. The van der Waals surface area contributed by atoms with E-state index < -0.39 is 5.91 Å². The molecule has 2 heterocycles. The molecule has 0 aliphatic heterocycles. The summed E-state index contributed by atoms with van der Waals surface area (Å²) in [6, 6.07) is 1.80. The van der Waals surface area contributed by atoms with Gasteiger partial charge in [-0.3, -0.25) is 19.0 Å². The lowest BCUT2D eigenvalue weighted by atomic mass is 10.3. The van der Waals surface area contributed by atoms with Gasteiger partial charge in [-0.2, -0.15) is 10.2 Å². The van der Waals surface area contributed by atoms with Gasteiger partial charge in [0.25, 0.3) is 5.91 Å². The zero-order valence-corrected chi connectivity index (χ0v) is 11.3. The van der Waals surface area contributed by atoms with Crippen LogP contribution in [-0.2, 0) is 17.9 Å². The van der Waals surface area contributed by atoms with Crippen molar-refractivity contribution < 1.29 is 9.59 Å². The van der Waals surface area contributed by atoms with Crippen LogP contribution in [0.3, 0.4) is 0 Å². The smallest absolute Gasteiger partial charge is 0.271 e. The molecule has 0 unspecified atom stereocenters. The molecule has 8 nitrogen and oxygen atoms in total. The number of nitrogens with zero attached hydrogens (tertiary/aromatic N) is 4. The van der Waals surface area contributed by atoms with E-state index >= 15 is 0 Å². The lowest BCUT2D eigenvalue weighted by Crippen LogP contribution is -2.22. The largest absolute Gasteiger partial charge is 0.364 e. The zero-order chi connectivity index (χ0) is 14.7. The summed E-state index contributed by atoms with van der Waals surface area (Å²) in [5.74, 6) is -0.974. The highest BCUT2D eigenvalue weighted by Crippen LogP contribution is 2.13. The fourth-order valence-electron chi connectivity index (χ4n) is 1.75. The van der Waals surface area contributed by atoms with Crippen molar-refractivity contribution in [3.05, 3.63) is 29.8 Å². The lowest BCUT2D eigenvalue weighted by molar-refractivity contribution is -0.116. The molecule has 2 aromatic rings. The van der Waals surface area contributed by atoms with Gasteiger partial charge in [-0.25, -0.2) is 0 Å². The van der Waals surface area contributed by atoms with Gasteiger partial charge < -0.3 is 11.1 Å². The van der Waals surface area contributed by atoms with Crippen LogP contribution in [0.2, 0.25) is 0 Å². The van der Waals surface area contributed by atoms with Crippen LogP contribution in [0.1, 0.15) is 23.1 Å². The number of aromatic nitrogens is 4. The number of nitrogens with two attached hydrogens (primary N) is 1. The molecule has 0 aliphatic rings. The molecule has 0 aromatic carbocycles. The van der Waals surface area contributed by atoms with Gasteiger partial charge in [0, 0.05) is 24.6 Å². The summed E-state index contributed by atoms with van der Waals surface area (Å²) in [4.78, 5) is 23.2. The number of carbonyl (C=O) groups excluding carboxylic acids is 2. The quantitative estimate of drug-likeness (QED) is 0.810. The summed E-state index contributed by atoms with van der Waals surface area (Å²) in [5.41, 5.74) is 6.48. The fourth-order valence-corrected chi connectivity index (χ4v) is 1.75. The Kier molecular flexibility index (Phi) is 3.83. The summed E-state index contributed by atoms with van der Waals surface area (Å²) in [6.07, 6.45) is 3.19. The van der Waals surface area contributed by atoms with Crippen molar-refractivity contribution in [1.82, 2.24) is 19.6 Å². The molecule has 2 amide bonds. The maximum Gasteiger partial charge on any atom is 0.271 e. The average Bonchev–Trinajstić information content (AvgIpc) is 2.96.